The highest BCUT2D eigenvalue weighted by molar-refractivity contribution is 6.06. The van der Waals surface area contributed by atoms with Gasteiger partial charge in [-0.05, 0) is 52.9 Å². The van der Waals surface area contributed by atoms with Gasteiger partial charge in [0.1, 0.15) is 29.9 Å². The van der Waals surface area contributed by atoms with E-state index in [2.05, 4.69) is 20.4 Å². The fraction of sp³-hybridized carbons (Fsp3) is 0.481. The van der Waals surface area contributed by atoms with Crippen LogP contribution < -0.4 is 15.1 Å². The largest absolute Gasteiger partial charge is 0.444 e. The monoisotopic (exact) mass is 606 g/mol. The molecule has 0 saturated carbocycles. The number of aryl methyl sites for hydroxylation is 1. The van der Waals surface area contributed by atoms with Crippen molar-refractivity contribution >= 4 is 35.2 Å². The SMILES string of the molecule is CN(C)CC1CC(=O)N(c2nn(C)cc2NC(=O)c2coc(-c3ccnc(N(CC(F)(F)F)C(=O)OC(C)(C)C)c3)n2)C1. The minimum absolute atomic E-state index is 0.0994. The summed E-state index contributed by atoms with van der Waals surface area (Å²) in [5, 5.41) is 7.07. The molecule has 232 valence electrons. The summed E-state index contributed by atoms with van der Waals surface area (Å²) >= 11 is 0. The molecule has 3 aromatic heterocycles. The second-order valence-corrected chi connectivity index (χ2v) is 11.5. The Labute approximate surface area is 245 Å². The molecule has 1 atom stereocenters. The number of nitrogens with one attached hydrogen (secondary N) is 1. The van der Waals surface area contributed by atoms with E-state index in [0.717, 1.165) is 12.8 Å². The van der Waals surface area contributed by atoms with Gasteiger partial charge in [-0.2, -0.15) is 18.3 Å². The van der Waals surface area contributed by atoms with Gasteiger partial charge in [0.05, 0.1) is 6.20 Å². The fourth-order valence-electron chi connectivity index (χ4n) is 4.52. The van der Waals surface area contributed by atoms with Crippen LogP contribution in [-0.2, 0) is 16.6 Å². The summed E-state index contributed by atoms with van der Waals surface area (Å²) in [5.41, 5.74) is -0.729. The van der Waals surface area contributed by atoms with Crippen LogP contribution in [0.25, 0.3) is 11.5 Å². The van der Waals surface area contributed by atoms with Crippen molar-refractivity contribution in [1.29, 1.82) is 0 Å². The molecule has 4 heterocycles. The zero-order chi connectivity index (χ0) is 31.7. The molecule has 1 N–H and O–H groups in total. The van der Waals surface area contributed by atoms with E-state index in [1.807, 2.05) is 19.0 Å². The molecule has 0 radical (unpaired) electrons. The third-order valence-corrected chi connectivity index (χ3v) is 6.10. The standard InChI is InChI=1S/C27H33F3N8O5/c1-26(2,3)43-25(41)38(15-27(28,29)30)20-10-17(7-8-31-20)24-33-19(14-42-24)23(40)32-18-13-36(6)34-22(18)37-12-16(9-21(37)39)11-35(4)5/h7-8,10,13-14,16H,9,11-12,15H2,1-6H3,(H,32,40). The lowest BCUT2D eigenvalue weighted by atomic mass is 10.1. The van der Waals surface area contributed by atoms with E-state index in [0.29, 0.717) is 29.4 Å². The summed E-state index contributed by atoms with van der Waals surface area (Å²) in [6.45, 7) is 4.11. The molecule has 1 aliphatic heterocycles. The minimum atomic E-state index is -4.74. The van der Waals surface area contributed by atoms with Crippen LogP contribution in [0.2, 0.25) is 0 Å². The van der Waals surface area contributed by atoms with Crippen LogP contribution in [0.15, 0.2) is 35.2 Å². The number of alkyl halides is 3. The molecule has 0 bridgehead atoms. The highest BCUT2D eigenvalue weighted by Crippen LogP contribution is 2.31. The molecular formula is C27H33F3N8O5. The molecule has 1 fully saturated rings. The Balaban J connectivity index is 1.53. The van der Waals surface area contributed by atoms with Gasteiger partial charge in [0.25, 0.3) is 5.91 Å². The first-order valence-corrected chi connectivity index (χ1v) is 13.3. The van der Waals surface area contributed by atoms with Gasteiger partial charge in [-0.25, -0.2) is 14.8 Å². The third-order valence-electron chi connectivity index (χ3n) is 6.10. The van der Waals surface area contributed by atoms with E-state index >= 15 is 0 Å². The predicted octanol–water partition coefficient (Wildman–Crippen LogP) is 3.94. The summed E-state index contributed by atoms with van der Waals surface area (Å²) in [4.78, 5) is 50.4. The van der Waals surface area contributed by atoms with Crippen molar-refractivity contribution < 1.29 is 36.7 Å². The lowest BCUT2D eigenvalue weighted by Gasteiger charge is -2.27. The van der Waals surface area contributed by atoms with Gasteiger partial charge in [0, 0.05) is 38.3 Å². The molecule has 1 saturated heterocycles. The first kappa shape index (κ1) is 31.5. The zero-order valence-corrected chi connectivity index (χ0v) is 24.6. The summed E-state index contributed by atoms with van der Waals surface area (Å²) in [6.07, 6.45) is -1.80. The first-order chi connectivity index (χ1) is 20.0. The Hall–Kier alpha value is -4.47. The van der Waals surface area contributed by atoms with Crippen molar-refractivity contribution in [1.82, 2.24) is 24.6 Å². The van der Waals surface area contributed by atoms with Crippen LogP contribution in [0.4, 0.5) is 35.3 Å². The summed E-state index contributed by atoms with van der Waals surface area (Å²) < 4.78 is 52.0. The number of nitrogens with zero attached hydrogens (tertiary/aromatic N) is 7. The zero-order valence-electron chi connectivity index (χ0n) is 24.6. The van der Waals surface area contributed by atoms with Crippen LogP contribution in [0.3, 0.4) is 0 Å². The lowest BCUT2D eigenvalue weighted by molar-refractivity contribution is -0.120. The second kappa shape index (κ2) is 12.0. The fourth-order valence-corrected chi connectivity index (χ4v) is 4.52. The van der Waals surface area contributed by atoms with Crippen molar-refractivity contribution in [2.24, 2.45) is 13.0 Å². The van der Waals surface area contributed by atoms with Gasteiger partial charge in [-0.3, -0.25) is 24.1 Å². The van der Waals surface area contributed by atoms with Crippen molar-refractivity contribution in [2.75, 3.05) is 48.8 Å². The predicted molar refractivity (Wildman–Crippen MR) is 150 cm³/mol. The van der Waals surface area contributed by atoms with Crippen molar-refractivity contribution in [3.8, 4) is 11.5 Å². The average molecular weight is 607 g/mol. The van der Waals surface area contributed by atoms with Crippen molar-refractivity contribution in [3.63, 3.8) is 0 Å². The van der Waals surface area contributed by atoms with Crippen LogP contribution >= 0.6 is 0 Å². The van der Waals surface area contributed by atoms with E-state index in [4.69, 9.17) is 9.15 Å². The van der Waals surface area contributed by atoms with Gasteiger partial charge in [0.15, 0.2) is 11.5 Å². The summed E-state index contributed by atoms with van der Waals surface area (Å²) in [6, 6.07) is 2.58. The number of aromatic nitrogens is 4. The Kier molecular flexibility index (Phi) is 8.80. The molecular weight excluding hydrogens is 573 g/mol. The van der Waals surface area contributed by atoms with E-state index in [-0.39, 0.29) is 34.8 Å². The van der Waals surface area contributed by atoms with Crippen LogP contribution in [0.5, 0.6) is 0 Å². The smallest absolute Gasteiger partial charge is 0.416 e. The number of amides is 3. The number of carbonyl (C=O) groups is 3. The number of rotatable bonds is 8. The topological polar surface area (TPSA) is 139 Å². The molecule has 0 spiro atoms. The van der Waals surface area contributed by atoms with Crippen molar-refractivity contribution in [2.45, 2.75) is 39.0 Å². The summed E-state index contributed by atoms with van der Waals surface area (Å²) in [5.74, 6) is -0.810. The highest BCUT2D eigenvalue weighted by atomic mass is 19.4. The molecule has 43 heavy (non-hydrogen) atoms. The maximum Gasteiger partial charge on any atom is 0.416 e. The number of hydrogen-bond donors (Lipinski definition) is 1. The van der Waals surface area contributed by atoms with Crippen molar-refractivity contribution in [3.05, 3.63) is 36.5 Å². The van der Waals surface area contributed by atoms with Gasteiger partial charge >= 0.3 is 12.3 Å². The third kappa shape index (κ3) is 8.09. The number of halogens is 3. The minimum Gasteiger partial charge on any atom is -0.444 e. The lowest BCUT2D eigenvalue weighted by Crippen LogP contribution is -2.42. The maximum atomic E-state index is 13.3. The molecule has 3 amide bonds. The van der Waals surface area contributed by atoms with Crippen LogP contribution in [-0.4, -0.2) is 88.1 Å². The van der Waals surface area contributed by atoms with Gasteiger partial charge in [-0.15, -0.1) is 0 Å². The molecule has 3 aromatic rings. The number of hydrogen-bond acceptors (Lipinski definition) is 9. The Morgan fingerprint density at radius 3 is 2.60 bits per heavy atom. The normalized spacial score (nSPS) is 15.7. The molecule has 1 aliphatic rings. The number of pyridine rings is 1. The van der Waals surface area contributed by atoms with Crippen LogP contribution in [0.1, 0.15) is 37.7 Å². The Morgan fingerprint density at radius 1 is 1.23 bits per heavy atom. The Bertz CT molecular complexity index is 1490. The van der Waals surface area contributed by atoms with Crippen LogP contribution in [0, 0.1) is 5.92 Å². The van der Waals surface area contributed by atoms with E-state index in [1.54, 1.807) is 13.2 Å². The molecule has 0 aromatic carbocycles. The maximum absolute atomic E-state index is 13.3. The molecule has 16 heteroatoms. The summed E-state index contributed by atoms with van der Waals surface area (Å²) in [7, 11) is 5.52. The van der Waals surface area contributed by atoms with Gasteiger partial charge in [-0.1, -0.05) is 0 Å². The van der Waals surface area contributed by atoms with E-state index in [9.17, 15) is 27.6 Å². The second-order valence-electron chi connectivity index (χ2n) is 11.5. The molecule has 13 nitrogen and oxygen atoms in total. The molecule has 0 aliphatic carbocycles. The average Bonchev–Trinajstić information content (AvgIpc) is 3.59. The quantitative estimate of drug-likeness (QED) is 0.404. The van der Waals surface area contributed by atoms with Gasteiger partial charge in [0.2, 0.25) is 11.8 Å². The van der Waals surface area contributed by atoms with Gasteiger partial charge < -0.3 is 19.4 Å². The number of anilines is 3. The highest BCUT2D eigenvalue weighted by Gasteiger charge is 2.37. The van der Waals surface area contributed by atoms with E-state index < -0.39 is 30.3 Å². The number of ether oxygens (including phenoxy) is 1. The molecule has 1 unspecified atom stereocenters. The molecule has 4 rings (SSSR count). The Morgan fingerprint density at radius 2 is 1.95 bits per heavy atom. The number of carbonyl (C=O) groups excluding carboxylic acids is 3. The number of oxazole rings is 1. The first-order valence-electron chi connectivity index (χ1n) is 13.3. The van der Waals surface area contributed by atoms with E-state index in [1.165, 1.54) is 48.7 Å².